The molecule has 0 aliphatic carbocycles. The lowest BCUT2D eigenvalue weighted by Gasteiger charge is -2.46. The van der Waals surface area contributed by atoms with Gasteiger partial charge in [-0.25, -0.2) is 0 Å². The fourth-order valence-corrected chi connectivity index (χ4v) is 6.13. The zero-order valence-corrected chi connectivity index (χ0v) is 30.6. The monoisotopic (exact) mass is 733 g/mol. The molecular formula is C37H67NO13. The first-order valence-electron chi connectivity index (χ1n) is 19.1. The largest absolute Gasteiger partial charge is 0.394 e. The molecule has 51 heavy (non-hydrogen) atoms. The van der Waals surface area contributed by atoms with E-state index in [4.69, 9.17) is 18.9 Å². The average molecular weight is 734 g/mol. The standard InChI is InChI=1S/C37H67NO13/c1-3-5-7-9-11-12-13-15-17-19-21-29(42)38-25(26(41)20-18-16-14-10-8-6-4-2)24-48-36-34(47)32(45)35(28(23-40)50-36)51-37-33(46)31(44)30(43)27(22-39)49-37/h8,10,18,20,25-28,30-37,39-41,43-47H,3-7,9,11-17,19,21-24H2,1-2H3,(H,38,42)/b10-8+,20-18+. The van der Waals surface area contributed by atoms with Crippen LogP contribution in [0.15, 0.2) is 24.3 Å². The lowest BCUT2D eigenvalue weighted by Crippen LogP contribution is -2.65. The third-order valence-corrected chi connectivity index (χ3v) is 9.37. The van der Waals surface area contributed by atoms with Gasteiger partial charge < -0.3 is 65.1 Å². The number of hydrogen-bond acceptors (Lipinski definition) is 13. The van der Waals surface area contributed by atoms with Crippen molar-refractivity contribution in [3.05, 3.63) is 24.3 Å². The van der Waals surface area contributed by atoms with E-state index in [2.05, 4.69) is 31.3 Å². The number of amides is 1. The van der Waals surface area contributed by atoms with Crippen molar-refractivity contribution < 1.29 is 64.6 Å². The van der Waals surface area contributed by atoms with Gasteiger partial charge in [-0.2, -0.15) is 0 Å². The Morgan fingerprint density at radius 1 is 0.686 bits per heavy atom. The van der Waals surface area contributed by atoms with Crippen molar-refractivity contribution in [1.29, 1.82) is 0 Å². The second-order valence-electron chi connectivity index (χ2n) is 13.7. The van der Waals surface area contributed by atoms with Gasteiger partial charge in [-0.3, -0.25) is 4.79 Å². The Balaban J connectivity index is 1.98. The van der Waals surface area contributed by atoms with Crippen molar-refractivity contribution in [1.82, 2.24) is 5.32 Å². The molecule has 2 aliphatic heterocycles. The molecule has 2 rings (SSSR count). The van der Waals surface area contributed by atoms with E-state index in [1.165, 1.54) is 38.5 Å². The van der Waals surface area contributed by atoms with Crippen molar-refractivity contribution in [3.63, 3.8) is 0 Å². The maximum absolute atomic E-state index is 12.9. The SMILES string of the molecule is CCC/C=C/CC/C=C/C(O)C(COC1OC(CO)C(OC2OC(CO)C(O)C(O)C2O)C(O)C1O)NC(=O)CCCCCCCCCCCC. The van der Waals surface area contributed by atoms with Crippen molar-refractivity contribution in [2.24, 2.45) is 0 Å². The summed E-state index contributed by atoms with van der Waals surface area (Å²) in [5.74, 6) is -0.260. The van der Waals surface area contributed by atoms with Gasteiger partial charge in [0.05, 0.1) is 32.0 Å². The molecule has 2 saturated heterocycles. The number of rotatable bonds is 26. The molecule has 298 valence electrons. The van der Waals surface area contributed by atoms with E-state index < -0.39 is 86.8 Å². The maximum Gasteiger partial charge on any atom is 0.220 e. The second kappa shape index (κ2) is 26.3. The van der Waals surface area contributed by atoms with Gasteiger partial charge in [-0.1, -0.05) is 102 Å². The van der Waals surface area contributed by atoms with E-state index in [9.17, 15) is 45.6 Å². The molecule has 0 radical (unpaired) electrons. The molecule has 0 aromatic rings. The number of hydrogen-bond donors (Lipinski definition) is 9. The Labute approximate surface area is 303 Å². The highest BCUT2D eigenvalue weighted by Crippen LogP contribution is 2.29. The fraction of sp³-hybridized carbons (Fsp3) is 0.865. The normalized spacial score (nSPS) is 31.3. The van der Waals surface area contributed by atoms with Gasteiger partial charge in [0.15, 0.2) is 12.6 Å². The lowest BCUT2D eigenvalue weighted by atomic mass is 9.97. The maximum atomic E-state index is 12.9. The van der Waals surface area contributed by atoms with E-state index >= 15 is 0 Å². The van der Waals surface area contributed by atoms with Gasteiger partial charge in [0.2, 0.25) is 5.91 Å². The summed E-state index contributed by atoms with van der Waals surface area (Å²) in [6.07, 6.45) is 5.71. The van der Waals surface area contributed by atoms with Crippen LogP contribution in [0.3, 0.4) is 0 Å². The molecule has 12 unspecified atom stereocenters. The summed E-state index contributed by atoms with van der Waals surface area (Å²) >= 11 is 0. The van der Waals surface area contributed by atoms with E-state index in [0.717, 1.165) is 38.5 Å². The van der Waals surface area contributed by atoms with Crippen LogP contribution >= 0.6 is 0 Å². The number of unbranched alkanes of at least 4 members (excludes halogenated alkanes) is 11. The molecule has 0 bridgehead atoms. The Kier molecular flexibility index (Phi) is 23.5. The predicted octanol–water partition coefficient (Wildman–Crippen LogP) is 1.48. The van der Waals surface area contributed by atoms with Gasteiger partial charge in [0.1, 0.15) is 48.8 Å². The summed E-state index contributed by atoms with van der Waals surface area (Å²) < 4.78 is 22.4. The smallest absolute Gasteiger partial charge is 0.220 e. The minimum absolute atomic E-state index is 0.260. The van der Waals surface area contributed by atoms with Crippen LogP contribution in [0.25, 0.3) is 0 Å². The summed E-state index contributed by atoms with van der Waals surface area (Å²) in [7, 11) is 0. The molecule has 2 fully saturated rings. The molecule has 1 amide bonds. The first-order valence-corrected chi connectivity index (χ1v) is 19.1. The molecule has 9 N–H and O–H groups in total. The van der Waals surface area contributed by atoms with Crippen molar-refractivity contribution in [2.45, 2.75) is 184 Å². The minimum atomic E-state index is -1.79. The molecule has 0 saturated carbocycles. The van der Waals surface area contributed by atoms with Crippen LogP contribution in [0.1, 0.15) is 110 Å². The quantitative estimate of drug-likeness (QED) is 0.0454. The number of aliphatic hydroxyl groups excluding tert-OH is 8. The predicted molar refractivity (Wildman–Crippen MR) is 189 cm³/mol. The number of allylic oxidation sites excluding steroid dienone is 3. The molecular weight excluding hydrogens is 666 g/mol. The summed E-state index contributed by atoms with van der Waals surface area (Å²) in [6.45, 7) is 2.58. The van der Waals surface area contributed by atoms with Crippen LogP contribution in [0.4, 0.5) is 0 Å². The van der Waals surface area contributed by atoms with Crippen LogP contribution in [0.2, 0.25) is 0 Å². The minimum Gasteiger partial charge on any atom is -0.394 e. The zero-order chi connectivity index (χ0) is 37.6. The lowest BCUT2D eigenvalue weighted by molar-refractivity contribution is -0.359. The van der Waals surface area contributed by atoms with Gasteiger partial charge >= 0.3 is 0 Å². The highest BCUT2D eigenvalue weighted by atomic mass is 16.7. The third kappa shape index (κ3) is 16.2. The number of ether oxygens (including phenoxy) is 4. The average Bonchev–Trinajstić information content (AvgIpc) is 3.12. The molecule has 2 heterocycles. The topological polar surface area (TPSA) is 228 Å². The molecule has 14 heteroatoms. The second-order valence-corrected chi connectivity index (χ2v) is 13.7. The van der Waals surface area contributed by atoms with E-state index in [-0.39, 0.29) is 18.9 Å². The molecule has 12 atom stereocenters. The molecule has 0 aromatic heterocycles. The zero-order valence-electron chi connectivity index (χ0n) is 30.6. The summed E-state index contributed by atoms with van der Waals surface area (Å²) in [5, 5.41) is 85.7. The van der Waals surface area contributed by atoms with Crippen LogP contribution in [-0.4, -0.2) is 140 Å². The van der Waals surface area contributed by atoms with Crippen molar-refractivity contribution >= 4 is 5.91 Å². The van der Waals surface area contributed by atoms with Gasteiger partial charge in [0.25, 0.3) is 0 Å². The fourth-order valence-electron chi connectivity index (χ4n) is 6.13. The molecule has 0 spiro atoms. The summed E-state index contributed by atoms with van der Waals surface area (Å²) in [5.41, 5.74) is 0. The first-order chi connectivity index (χ1) is 24.6. The molecule has 0 aromatic carbocycles. The summed E-state index contributed by atoms with van der Waals surface area (Å²) in [4.78, 5) is 12.9. The van der Waals surface area contributed by atoms with E-state index in [1.54, 1.807) is 6.08 Å². The highest BCUT2D eigenvalue weighted by molar-refractivity contribution is 5.76. The Morgan fingerprint density at radius 2 is 1.25 bits per heavy atom. The van der Waals surface area contributed by atoms with Crippen LogP contribution in [0, 0.1) is 0 Å². The Morgan fingerprint density at radius 3 is 1.88 bits per heavy atom. The molecule has 2 aliphatic rings. The van der Waals surface area contributed by atoms with Gasteiger partial charge in [-0.05, 0) is 25.7 Å². The number of aliphatic hydroxyl groups is 8. The van der Waals surface area contributed by atoms with E-state index in [0.29, 0.717) is 12.8 Å². The highest BCUT2D eigenvalue weighted by Gasteiger charge is 2.50. The summed E-state index contributed by atoms with van der Waals surface area (Å²) in [6, 6.07) is -0.920. The number of carbonyl (C=O) groups is 1. The van der Waals surface area contributed by atoms with Gasteiger partial charge in [-0.15, -0.1) is 0 Å². The first kappa shape index (κ1) is 45.6. The van der Waals surface area contributed by atoms with Crippen molar-refractivity contribution in [3.8, 4) is 0 Å². The van der Waals surface area contributed by atoms with E-state index in [1.807, 2.05) is 6.08 Å². The van der Waals surface area contributed by atoms with Gasteiger partial charge in [0, 0.05) is 6.42 Å². The van der Waals surface area contributed by atoms with Crippen LogP contribution in [-0.2, 0) is 23.7 Å². The van der Waals surface area contributed by atoms with Crippen LogP contribution in [0.5, 0.6) is 0 Å². The Bertz CT molecular complexity index is 967. The Hall–Kier alpha value is -1.53. The van der Waals surface area contributed by atoms with Crippen LogP contribution < -0.4 is 5.32 Å². The molecule has 14 nitrogen and oxygen atoms in total. The van der Waals surface area contributed by atoms with Crippen molar-refractivity contribution in [2.75, 3.05) is 19.8 Å². The number of nitrogens with one attached hydrogen (secondary N) is 1. The number of carbonyl (C=O) groups excluding carboxylic acids is 1. The third-order valence-electron chi connectivity index (χ3n) is 9.37.